The van der Waals surface area contributed by atoms with Crippen molar-refractivity contribution < 1.29 is 29.0 Å². The second-order valence-corrected chi connectivity index (χ2v) is 6.73. The fourth-order valence-electron chi connectivity index (χ4n) is 1.53. The molecular weight excluding hydrogens is 329 g/mol. The summed E-state index contributed by atoms with van der Waals surface area (Å²) in [5.41, 5.74) is -0.105. The highest BCUT2D eigenvalue weighted by Crippen LogP contribution is 3.02. The van der Waals surface area contributed by atoms with E-state index in [1.807, 2.05) is 0 Å². The Morgan fingerprint density at radius 1 is 0.864 bits per heavy atom. The van der Waals surface area contributed by atoms with Crippen molar-refractivity contribution in [1.82, 2.24) is 0 Å². The van der Waals surface area contributed by atoms with E-state index in [-0.39, 0.29) is 23.6 Å². The molecule has 1 N–H and O–H groups in total. The molecule has 0 aromatic heterocycles. The van der Waals surface area contributed by atoms with Crippen molar-refractivity contribution in [2.45, 2.75) is 4.90 Å². The lowest BCUT2D eigenvalue weighted by molar-refractivity contribution is 0.215. The molecule has 0 aliphatic rings. The number of halogens is 5. The minimum absolute atomic E-state index is 0.105. The maximum Gasteiger partial charge on any atom is 0.417 e. The summed E-state index contributed by atoms with van der Waals surface area (Å²) in [4.78, 5) is 9.47. The summed E-state index contributed by atoms with van der Waals surface area (Å²) < 4.78 is 67.4. The third kappa shape index (κ3) is 4.35. The quantitative estimate of drug-likeness (QED) is 0.701. The van der Waals surface area contributed by atoms with Gasteiger partial charge in [-0.15, -0.1) is 0 Å². The molecule has 0 saturated heterocycles. The van der Waals surface area contributed by atoms with Gasteiger partial charge in [0.25, 0.3) is 0 Å². The third-order valence-corrected chi connectivity index (χ3v) is 3.66. The second-order valence-electron chi connectivity index (χ2n) is 4.32. The number of hydrogen-bond acceptors (Lipinski definition) is 2. The molecule has 0 aliphatic carbocycles. The maximum atomic E-state index is 12.5. The fraction of sp³-hybridized carbons (Fsp3) is 0. The van der Waals surface area contributed by atoms with Crippen molar-refractivity contribution in [1.29, 1.82) is 0 Å². The van der Waals surface area contributed by atoms with Gasteiger partial charge >= 0.3 is 16.3 Å². The van der Waals surface area contributed by atoms with Crippen LogP contribution in [0.5, 0.6) is 5.75 Å². The van der Waals surface area contributed by atoms with Crippen LogP contribution in [-0.2, 0) is 0 Å². The average Bonchev–Trinajstić information content (AvgIpc) is 2.37. The maximum absolute atomic E-state index is 12.5. The Morgan fingerprint density at radius 2 is 1.41 bits per heavy atom. The molecule has 0 unspecified atom stereocenters. The van der Waals surface area contributed by atoms with Crippen molar-refractivity contribution in [2.24, 2.45) is 0 Å². The summed E-state index contributed by atoms with van der Waals surface area (Å²) in [6, 6.07) is 9.79. The molecule has 0 bridgehead atoms. The van der Waals surface area contributed by atoms with Gasteiger partial charge in [0.1, 0.15) is 10.6 Å². The first kappa shape index (κ1) is 16.1. The summed E-state index contributed by atoms with van der Waals surface area (Å²) >= 11 is 0. The predicted molar refractivity (Wildman–Crippen MR) is 73.9 cm³/mol. The van der Waals surface area contributed by atoms with Crippen LogP contribution in [0.25, 0.3) is 0 Å². The van der Waals surface area contributed by atoms with Crippen LogP contribution in [-0.4, -0.2) is 6.09 Å². The van der Waals surface area contributed by atoms with Crippen LogP contribution in [0.1, 0.15) is 0 Å². The summed E-state index contributed by atoms with van der Waals surface area (Å²) in [7, 11) is -9.71. The molecule has 2 aromatic rings. The van der Waals surface area contributed by atoms with Crippen LogP contribution in [0.3, 0.4) is 0 Å². The lowest BCUT2D eigenvalue weighted by Gasteiger charge is -2.40. The topological polar surface area (TPSA) is 38.3 Å². The van der Waals surface area contributed by atoms with Gasteiger partial charge in [-0.25, -0.2) is 4.79 Å². The van der Waals surface area contributed by atoms with E-state index in [2.05, 4.69) is 5.32 Å². The Bertz CT molecular complexity index is 686. The number of carbonyl (C=O) groups is 1. The molecule has 0 radical (unpaired) electrons. The zero-order valence-corrected chi connectivity index (χ0v) is 11.6. The van der Waals surface area contributed by atoms with Crippen LogP contribution in [0, 0.1) is 0 Å². The molecular formula is C13H10F5NO2S. The van der Waals surface area contributed by atoms with Gasteiger partial charge in [0.15, 0.2) is 0 Å². The molecule has 0 heterocycles. The highest BCUT2D eigenvalue weighted by molar-refractivity contribution is 8.45. The van der Waals surface area contributed by atoms with Gasteiger partial charge in [-0.2, -0.15) is 0 Å². The van der Waals surface area contributed by atoms with E-state index in [4.69, 9.17) is 4.74 Å². The smallest absolute Gasteiger partial charge is 0.410 e. The molecule has 0 saturated carbocycles. The molecule has 0 atom stereocenters. The summed E-state index contributed by atoms with van der Waals surface area (Å²) in [6.45, 7) is 0. The molecule has 1 amide bonds. The standard InChI is InChI=1S/C13H10F5NO2S/c14-22(15,16,17,18)12-8-6-10(7-9-12)19-13(20)21-11-4-2-1-3-5-11/h1-9H,(H,19,20). The fourth-order valence-corrected chi connectivity index (χ4v) is 2.18. The lowest BCUT2D eigenvalue weighted by Crippen LogP contribution is -2.16. The number of ether oxygens (including phenoxy) is 1. The van der Waals surface area contributed by atoms with Crippen LogP contribution in [0.4, 0.5) is 29.9 Å². The van der Waals surface area contributed by atoms with Crippen molar-refractivity contribution in [3.63, 3.8) is 0 Å². The van der Waals surface area contributed by atoms with Gasteiger partial charge in [-0.1, -0.05) is 37.6 Å². The van der Waals surface area contributed by atoms with E-state index < -0.39 is 21.2 Å². The van der Waals surface area contributed by atoms with E-state index >= 15 is 0 Å². The molecule has 3 nitrogen and oxygen atoms in total. The van der Waals surface area contributed by atoms with Gasteiger partial charge in [0.2, 0.25) is 0 Å². The molecule has 9 heteroatoms. The van der Waals surface area contributed by atoms with Gasteiger partial charge in [-0.3, -0.25) is 5.32 Å². The normalized spacial score (nSPS) is 14.6. The summed E-state index contributed by atoms with van der Waals surface area (Å²) in [5.74, 6) is 0.226. The van der Waals surface area contributed by atoms with Crippen molar-refractivity contribution in [2.75, 3.05) is 5.32 Å². The number of amides is 1. The summed E-state index contributed by atoms with van der Waals surface area (Å²) in [6.07, 6.45) is -0.953. The number of anilines is 1. The Balaban J connectivity index is 2.08. The van der Waals surface area contributed by atoms with Crippen LogP contribution in [0.15, 0.2) is 59.5 Å². The van der Waals surface area contributed by atoms with E-state index in [1.54, 1.807) is 18.2 Å². The van der Waals surface area contributed by atoms with Gasteiger partial charge in [-0.05, 0) is 36.4 Å². The zero-order valence-electron chi connectivity index (χ0n) is 10.8. The van der Waals surface area contributed by atoms with E-state index in [0.29, 0.717) is 0 Å². The number of carbonyl (C=O) groups excluding carboxylic acids is 1. The van der Waals surface area contributed by atoms with Gasteiger partial charge < -0.3 is 4.74 Å². The lowest BCUT2D eigenvalue weighted by atomic mass is 10.3. The van der Waals surface area contributed by atoms with Crippen LogP contribution in [0.2, 0.25) is 0 Å². The monoisotopic (exact) mass is 339 g/mol. The molecule has 0 aliphatic heterocycles. The number of para-hydroxylation sites is 1. The minimum Gasteiger partial charge on any atom is -0.410 e. The molecule has 120 valence electrons. The highest BCUT2D eigenvalue weighted by atomic mass is 32.5. The van der Waals surface area contributed by atoms with Crippen LogP contribution < -0.4 is 10.1 Å². The molecule has 0 spiro atoms. The predicted octanol–water partition coefficient (Wildman–Crippen LogP) is 5.95. The van der Waals surface area contributed by atoms with Crippen molar-refractivity contribution in [3.8, 4) is 5.75 Å². The molecule has 22 heavy (non-hydrogen) atoms. The van der Waals surface area contributed by atoms with E-state index in [1.165, 1.54) is 12.1 Å². The zero-order chi connectivity index (χ0) is 16.5. The molecule has 2 aromatic carbocycles. The molecule has 0 fully saturated rings. The SMILES string of the molecule is O=C(Nc1ccc(S(F)(F)(F)(F)F)cc1)Oc1ccccc1. The first-order chi connectivity index (χ1) is 9.94. The first-order valence-electron chi connectivity index (χ1n) is 5.82. The second kappa shape index (κ2) is 4.60. The van der Waals surface area contributed by atoms with Gasteiger partial charge in [0.05, 0.1) is 0 Å². The molecule has 2 rings (SSSR count). The Kier molecular flexibility index (Phi) is 3.36. The highest BCUT2D eigenvalue weighted by Gasteiger charge is 2.65. The Morgan fingerprint density at radius 3 is 1.91 bits per heavy atom. The number of nitrogens with one attached hydrogen (secondary N) is 1. The van der Waals surface area contributed by atoms with Crippen molar-refractivity contribution in [3.05, 3.63) is 54.6 Å². The Labute approximate surface area is 122 Å². The minimum atomic E-state index is -9.71. The van der Waals surface area contributed by atoms with E-state index in [0.717, 1.165) is 12.1 Å². The largest absolute Gasteiger partial charge is 0.417 e. The van der Waals surface area contributed by atoms with E-state index in [9.17, 15) is 24.2 Å². The third-order valence-electron chi connectivity index (χ3n) is 2.50. The number of benzene rings is 2. The van der Waals surface area contributed by atoms with Crippen molar-refractivity contribution >= 4 is 22.0 Å². The first-order valence-corrected chi connectivity index (χ1v) is 7.77. The average molecular weight is 339 g/mol. The van der Waals surface area contributed by atoms with Gasteiger partial charge in [0, 0.05) is 5.69 Å². The number of hydrogen-bond donors (Lipinski definition) is 1. The Hall–Kier alpha value is -2.29. The summed E-state index contributed by atoms with van der Waals surface area (Å²) in [5, 5.41) is 2.13. The number of rotatable bonds is 3. The van der Waals surface area contributed by atoms with Crippen LogP contribution >= 0.6 is 10.2 Å².